The molecule has 24 heavy (non-hydrogen) atoms. The monoisotopic (exact) mass is 365 g/mol. The molecule has 1 aliphatic rings. The minimum atomic E-state index is 0.362. The summed E-state index contributed by atoms with van der Waals surface area (Å²) in [5, 5.41) is 0.914. The van der Waals surface area contributed by atoms with Gasteiger partial charge in [0.2, 0.25) is 0 Å². The van der Waals surface area contributed by atoms with E-state index in [-0.39, 0.29) is 0 Å². The molecule has 1 aromatic carbocycles. The lowest BCUT2D eigenvalue weighted by Gasteiger charge is -2.32. The maximum atomic E-state index is 6.26. The third-order valence-corrected chi connectivity index (χ3v) is 5.33. The van der Waals surface area contributed by atoms with Gasteiger partial charge >= 0.3 is 0 Å². The lowest BCUT2D eigenvalue weighted by atomic mass is 9.94. The third kappa shape index (κ3) is 3.58. The Labute approximate surface area is 152 Å². The summed E-state index contributed by atoms with van der Waals surface area (Å²) in [7, 11) is 0. The molecule has 1 saturated heterocycles. The smallest absolute Gasteiger partial charge is 0.152 e. The Balaban J connectivity index is 1.80. The van der Waals surface area contributed by atoms with Gasteiger partial charge in [-0.15, -0.1) is 0 Å². The highest BCUT2D eigenvalue weighted by Crippen LogP contribution is 2.35. The molecule has 0 aliphatic carbocycles. The van der Waals surface area contributed by atoms with Crippen LogP contribution in [-0.4, -0.2) is 29.6 Å². The largest absolute Gasteiger partial charge is 0.382 e. The second-order valence-corrected chi connectivity index (χ2v) is 6.86. The van der Waals surface area contributed by atoms with Crippen molar-refractivity contribution in [3.63, 3.8) is 0 Å². The SMILES string of the molecule is NCCC1CCN(c2cnc(-c3cccc(Cl)c3Cl)c(N)n2)CC1. The van der Waals surface area contributed by atoms with Crippen molar-refractivity contribution in [1.29, 1.82) is 0 Å². The molecule has 1 aliphatic heterocycles. The van der Waals surface area contributed by atoms with Crippen molar-refractivity contribution in [2.75, 3.05) is 30.3 Å². The molecule has 0 bridgehead atoms. The van der Waals surface area contributed by atoms with Gasteiger partial charge in [-0.25, -0.2) is 9.97 Å². The van der Waals surface area contributed by atoms with Crippen molar-refractivity contribution in [3.8, 4) is 11.3 Å². The van der Waals surface area contributed by atoms with E-state index < -0.39 is 0 Å². The Bertz CT molecular complexity index is 714. The summed E-state index contributed by atoms with van der Waals surface area (Å²) in [4.78, 5) is 11.2. The van der Waals surface area contributed by atoms with Crippen molar-refractivity contribution >= 4 is 34.8 Å². The van der Waals surface area contributed by atoms with E-state index in [1.165, 1.54) is 0 Å². The fourth-order valence-corrected chi connectivity index (χ4v) is 3.52. The molecule has 1 aromatic heterocycles. The van der Waals surface area contributed by atoms with E-state index in [2.05, 4.69) is 14.9 Å². The maximum absolute atomic E-state index is 6.26. The van der Waals surface area contributed by atoms with Crippen LogP contribution < -0.4 is 16.4 Å². The number of halogens is 2. The van der Waals surface area contributed by atoms with Crippen molar-refractivity contribution in [1.82, 2.24) is 9.97 Å². The maximum Gasteiger partial charge on any atom is 0.152 e. The fraction of sp³-hybridized carbons (Fsp3) is 0.412. The van der Waals surface area contributed by atoms with E-state index in [0.717, 1.165) is 44.7 Å². The number of aromatic nitrogens is 2. The quantitative estimate of drug-likeness (QED) is 0.864. The molecular weight excluding hydrogens is 345 g/mol. The number of benzene rings is 1. The molecule has 2 aromatic rings. The van der Waals surface area contributed by atoms with Crippen LogP contribution in [-0.2, 0) is 0 Å². The average molecular weight is 366 g/mol. The molecule has 0 radical (unpaired) electrons. The number of rotatable bonds is 4. The van der Waals surface area contributed by atoms with Gasteiger partial charge in [-0.2, -0.15) is 0 Å². The number of anilines is 2. The van der Waals surface area contributed by atoms with Crippen LogP contribution in [0, 0.1) is 5.92 Å². The summed E-state index contributed by atoms with van der Waals surface area (Å²) in [5.41, 5.74) is 13.0. The number of nitrogens with zero attached hydrogens (tertiary/aromatic N) is 3. The predicted molar refractivity (Wildman–Crippen MR) is 101 cm³/mol. The lowest BCUT2D eigenvalue weighted by Crippen LogP contribution is -2.35. The van der Waals surface area contributed by atoms with E-state index in [0.29, 0.717) is 33.0 Å². The molecule has 0 saturated carbocycles. The summed E-state index contributed by atoms with van der Waals surface area (Å²) in [6.07, 6.45) is 5.10. The van der Waals surface area contributed by atoms with Gasteiger partial charge in [-0.05, 0) is 37.8 Å². The first-order valence-corrected chi connectivity index (χ1v) is 8.87. The Morgan fingerprint density at radius 3 is 2.62 bits per heavy atom. The van der Waals surface area contributed by atoms with Crippen molar-refractivity contribution < 1.29 is 0 Å². The van der Waals surface area contributed by atoms with Crippen molar-refractivity contribution in [2.45, 2.75) is 19.3 Å². The molecule has 4 N–H and O–H groups in total. The van der Waals surface area contributed by atoms with Gasteiger partial charge in [-0.3, -0.25) is 0 Å². The highest BCUT2D eigenvalue weighted by molar-refractivity contribution is 6.43. The first-order chi connectivity index (χ1) is 11.6. The molecule has 2 heterocycles. The third-order valence-electron chi connectivity index (χ3n) is 4.51. The van der Waals surface area contributed by atoms with E-state index >= 15 is 0 Å². The molecular formula is C17H21Cl2N5. The molecule has 7 heteroatoms. The van der Waals surface area contributed by atoms with Crippen LogP contribution in [0.4, 0.5) is 11.6 Å². The number of hydrogen-bond donors (Lipinski definition) is 2. The molecule has 0 unspecified atom stereocenters. The van der Waals surface area contributed by atoms with Gasteiger partial charge in [-0.1, -0.05) is 35.3 Å². The second-order valence-electron chi connectivity index (χ2n) is 6.07. The van der Waals surface area contributed by atoms with Gasteiger partial charge in [0.15, 0.2) is 5.82 Å². The first-order valence-electron chi connectivity index (χ1n) is 8.12. The summed E-state index contributed by atoms with van der Waals surface area (Å²) in [6, 6.07) is 5.39. The Kier molecular flexibility index (Phi) is 5.43. The zero-order valence-corrected chi connectivity index (χ0v) is 14.9. The molecule has 3 rings (SSSR count). The van der Waals surface area contributed by atoms with Crippen LogP contribution in [0.15, 0.2) is 24.4 Å². The van der Waals surface area contributed by atoms with E-state index in [1.807, 2.05) is 12.1 Å². The van der Waals surface area contributed by atoms with Crippen LogP contribution in [0.5, 0.6) is 0 Å². The first kappa shape index (κ1) is 17.3. The Morgan fingerprint density at radius 1 is 1.21 bits per heavy atom. The van der Waals surface area contributed by atoms with Crippen LogP contribution in [0.25, 0.3) is 11.3 Å². The standard InChI is InChI=1S/C17H21Cl2N5/c18-13-3-1-2-12(15(13)19)16-17(21)23-14(10-22-16)24-8-5-11(4-7-20)6-9-24/h1-3,10-11H,4-9,20H2,(H2,21,23). The minimum absolute atomic E-state index is 0.362. The summed E-state index contributed by atoms with van der Waals surface area (Å²) in [6.45, 7) is 2.67. The Morgan fingerprint density at radius 2 is 1.96 bits per heavy atom. The topological polar surface area (TPSA) is 81.1 Å². The Hall–Kier alpha value is -1.56. The normalized spacial score (nSPS) is 15.7. The molecule has 0 amide bonds. The van der Waals surface area contributed by atoms with Gasteiger partial charge in [0.05, 0.1) is 16.2 Å². The second kappa shape index (κ2) is 7.55. The average Bonchev–Trinajstić information content (AvgIpc) is 2.59. The van der Waals surface area contributed by atoms with Crippen LogP contribution in [0.3, 0.4) is 0 Å². The zero-order valence-electron chi connectivity index (χ0n) is 13.4. The summed E-state index contributed by atoms with van der Waals surface area (Å²) in [5.74, 6) is 1.88. The van der Waals surface area contributed by atoms with E-state index in [4.69, 9.17) is 34.7 Å². The minimum Gasteiger partial charge on any atom is -0.382 e. The summed E-state index contributed by atoms with van der Waals surface area (Å²) < 4.78 is 0. The zero-order chi connectivity index (χ0) is 17.1. The number of hydrogen-bond acceptors (Lipinski definition) is 5. The number of piperidine rings is 1. The molecule has 1 fully saturated rings. The fourth-order valence-electron chi connectivity index (χ4n) is 3.13. The van der Waals surface area contributed by atoms with E-state index in [9.17, 15) is 0 Å². The van der Waals surface area contributed by atoms with Crippen molar-refractivity contribution in [2.24, 2.45) is 11.7 Å². The van der Waals surface area contributed by atoms with Gasteiger partial charge in [0, 0.05) is 18.7 Å². The van der Waals surface area contributed by atoms with Crippen molar-refractivity contribution in [3.05, 3.63) is 34.4 Å². The number of nitrogens with two attached hydrogens (primary N) is 2. The van der Waals surface area contributed by atoms with E-state index in [1.54, 1.807) is 12.3 Å². The molecule has 0 spiro atoms. The predicted octanol–water partition coefficient (Wildman–Crippen LogP) is 3.60. The van der Waals surface area contributed by atoms with Gasteiger partial charge in [0.25, 0.3) is 0 Å². The van der Waals surface area contributed by atoms with Gasteiger partial charge < -0.3 is 16.4 Å². The number of nitrogen functional groups attached to an aromatic ring is 1. The van der Waals surface area contributed by atoms with Gasteiger partial charge in [0.1, 0.15) is 11.5 Å². The highest BCUT2D eigenvalue weighted by Gasteiger charge is 2.21. The molecule has 128 valence electrons. The lowest BCUT2D eigenvalue weighted by molar-refractivity contribution is 0.385. The molecule has 0 atom stereocenters. The summed E-state index contributed by atoms with van der Waals surface area (Å²) >= 11 is 12.3. The highest BCUT2D eigenvalue weighted by atomic mass is 35.5. The van der Waals surface area contributed by atoms with Crippen LogP contribution >= 0.6 is 23.2 Å². The van der Waals surface area contributed by atoms with Crippen LogP contribution in [0.2, 0.25) is 10.0 Å². The molecule has 5 nitrogen and oxygen atoms in total. The van der Waals surface area contributed by atoms with Crippen LogP contribution in [0.1, 0.15) is 19.3 Å².